The molecule has 0 saturated carbocycles. The number of aromatic hydroxyl groups is 1. The van der Waals surface area contributed by atoms with Crippen LogP contribution in [0.2, 0.25) is 0 Å². The van der Waals surface area contributed by atoms with Crippen LogP contribution in [0.5, 0.6) is 5.75 Å². The van der Waals surface area contributed by atoms with Crippen molar-refractivity contribution in [2.75, 3.05) is 31.5 Å². The topological polar surface area (TPSA) is 90.4 Å². The molecule has 0 unspecified atom stereocenters. The van der Waals surface area contributed by atoms with Gasteiger partial charge in [-0.25, -0.2) is 4.98 Å². The number of nitrogens with one attached hydrogen (secondary N) is 2. The predicted molar refractivity (Wildman–Crippen MR) is 119 cm³/mol. The molecule has 1 heterocycles. The Balaban J connectivity index is 1.66. The second-order valence-electron chi connectivity index (χ2n) is 6.83. The van der Waals surface area contributed by atoms with Crippen molar-refractivity contribution >= 4 is 17.4 Å². The van der Waals surface area contributed by atoms with E-state index in [4.69, 9.17) is 0 Å². The van der Waals surface area contributed by atoms with Gasteiger partial charge in [0.1, 0.15) is 11.6 Å². The maximum atomic E-state index is 12.5. The smallest absolute Gasteiger partial charge is 0.251 e. The lowest BCUT2D eigenvalue weighted by atomic mass is 10.1. The number of carbonyl (C=O) groups excluding carboxylic acids is 1. The molecule has 3 aromatic rings. The number of aromatic nitrogens is 2. The van der Waals surface area contributed by atoms with Gasteiger partial charge in [-0.3, -0.25) is 9.78 Å². The van der Waals surface area contributed by atoms with Gasteiger partial charge in [0, 0.05) is 29.9 Å². The Kier molecular flexibility index (Phi) is 7.34. The van der Waals surface area contributed by atoms with Crippen LogP contribution in [0.15, 0.2) is 60.9 Å². The molecule has 2 aromatic carbocycles. The van der Waals surface area contributed by atoms with E-state index >= 15 is 0 Å². The fraction of sp³-hybridized carbons (Fsp3) is 0.261. The number of benzene rings is 2. The summed E-state index contributed by atoms with van der Waals surface area (Å²) in [6.07, 6.45) is 3.29. The Labute approximate surface area is 176 Å². The molecule has 156 valence electrons. The summed E-state index contributed by atoms with van der Waals surface area (Å²) in [5, 5.41) is 15.6. The summed E-state index contributed by atoms with van der Waals surface area (Å²) >= 11 is 0. The fourth-order valence-corrected chi connectivity index (χ4v) is 3.05. The number of likely N-dealkylation sites (N-methyl/N-ethyl adjacent to an activating group) is 1. The van der Waals surface area contributed by atoms with Gasteiger partial charge in [0.25, 0.3) is 5.91 Å². The average molecular weight is 406 g/mol. The van der Waals surface area contributed by atoms with Crippen LogP contribution in [-0.4, -0.2) is 52.1 Å². The minimum Gasteiger partial charge on any atom is -0.508 e. The van der Waals surface area contributed by atoms with Crippen LogP contribution >= 0.6 is 0 Å². The van der Waals surface area contributed by atoms with Crippen LogP contribution in [0.3, 0.4) is 0 Å². The van der Waals surface area contributed by atoms with Gasteiger partial charge in [-0.2, -0.15) is 0 Å². The molecule has 0 radical (unpaired) electrons. The molecule has 7 heteroatoms. The molecule has 1 amide bonds. The molecule has 3 N–H and O–H groups in total. The van der Waals surface area contributed by atoms with E-state index in [1.807, 2.05) is 12.1 Å². The van der Waals surface area contributed by atoms with Crippen molar-refractivity contribution in [3.63, 3.8) is 0 Å². The number of rotatable bonds is 9. The van der Waals surface area contributed by atoms with Crippen LogP contribution in [0.1, 0.15) is 24.2 Å². The highest BCUT2D eigenvalue weighted by Gasteiger charge is 2.08. The van der Waals surface area contributed by atoms with E-state index in [0.29, 0.717) is 23.6 Å². The first-order valence-electron chi connectivity index (χ1n) is 10.1. The maximum Gasteiger partial charge on any atom is 0.251 e. The zero-order chi connectivity index (χ0) is 21.3. The van der Waals surface area contributed by atoms with Crippen molar-refractivity contribution in [2.45, 2.75) is 13.8 Å². The van der Waals surface area contributed by atoms with E-state index in [2.05, 4.69) is 39.3 Å². The highest BCUT2D eigenvalue weighted by atomic mass is 16.3. The molecule has 0 saturated heterocycles. The Morgan fingerprint density at radius 1 is 1.07 bits per heavy atom. The highest BCUT2D eigenvalue weighted by molar-refractivity contribution is 5.95. The summed E-state index contributed by atoms with van der Waals surface area (Å²) < 4.78 is 0. The first-order chi connectivity index (χ1) is 14.6. The molecule has 1 aromatic heterocycles. The predicted octanol–water partition coefficient (Wildman–Crippen LogP) is 3.66. The Hall–Kier alpha value is -3.45. The quantitative estimate of drug-likeness (QED) is 0.503. The van der Waals surface area contributed by atoms with Gasteiger partial charge in [0.2, 0.25) is 0 Å². The lowest BCUT2D eigenvalue weighted by molar-refractivity contribution is 0.0949. The van der Waals surface area contributed by atoms with Gasteiger partial charge in [-0.15, -0.1) is 0 Å². The van der Waals surface area contributed by atoms with E-state index < -0.39 is 0 Å². The number of phenolic OH excluding ortho intramolecular Hbond substituents is 1. The Morgan fingerprint density at radius 2 is 1.83 bits per heavy atom. The molecule has 0 atom stereocenters. The standard InChI is InChI=1S/C23H27N5O2/c1-3-28(4-2)13-12-25-23(30)18-6-5-7-19(14-18)26-22-16-24-15-21(27-22)17-8-10-20(29)11-9-17/h5-11,14-16,29H,3-4,12-13H2,1-2H3,(H,25,30)(H,26,27). The molecule has 0 aliphatic carbocycles. The van der Waals surface area contributed by atoms with E-state index in [1.54, 1.807) is 48.8 Å². The van der Waals surface area contributed by atoms with Gasteiger partial charge in [-0.1, -0.05) is 19.9 Å². The molecule has 0 spiro atoms. The van der Waals surface area contributed by atoms with Gasteiger partial charge in [0.05, 0.1) is 18.1 Å². The summed E-state index contributed by atoms with van der Waals surface area (Å²) in [5.41, 5.74) is 2.88. The molecule has 0 fully saturated rings. The van der Waals surface area contributed by atoms with Gasteiger partial charge < -0.3 is 20.6 Å². The van der Waals surface area contributed by atoms with Crippen molar-refractivity contribution in [2.24, 2.45) is 0 Å². The number of nitrogens with zero attached hydrogens (tertiary/aromatic N) is 3. The van der Waals surface area contributed by atoms with Crippen molar-refractivity contribution in [3.05, 3.63) is 66.5 Å². The van der Waals surface area contributed by atoms with Crippen LogP contribution in [0.4, 0.5) is 11.5 Å². The summed E-state index contributed by atoms with van der Waals surface area (Å²) in [4.78, 5) is 23.5. The third-order valence-electron chi connectivity index (χ3n) is 4.80. The molecule has 7 nitrogen and oxygen atoms in total. The summed E-state index contributed by atoms with van der Waals surface area (Å²) in [7, 11) is 0. The number of hydrogen-bond acceptors (Lipinski definition) is 6. The van der Waals surface area contributed by atoms with Crippen LogP contribution < -0.4 is 10.6 Å². The van der Waals surface area contributed by atoms with E-state index in [9.17, 15) is 9.90 Å². The minimum absolute atomic E-state index is 0.102. The van der Waals surface area contributed by atoms with Crippen molar-refractivity contribution in [1.82, 2.24) is 20.2 Å². The van der Waals surface area contributed by atoms with Gasteiger partial charge in [-0.05, 0) is 55.6 Å². The van der Waals surface area contributed by atoms with Crippen LogP contribution in [0, 0.1) is 0 Å². The SMILES string of the molecule is CCN(CC)CCNC(=O)c1cccc(Nc2cncc(-c3ccc(O)cc3)n2)c1. The molecule has 0 bridgehead atoms. The number of hydrogen-bond donors (Lipinski definition) is 3. The molecule has 0 aliphatic heterocycles. The monoisotopic (exact) mass is 405 g/mol. The minimum atomic E-state index is -0.102. The Morgan fingerprint density at radius 3 is 2.57 bits per heavy atom. The molecule has 30 heavy (non-hydrogen) atoms. The Bertz CT molecular complexity index is 971. The van der Waals surface area contributed by atoms with Gasteiger partial charge in [0.15, 0.2) is 0 Å². The van der Waals surface area contributed by atoms with Crippen molar-refractivity contribution in [3.8, 4) is 17.0 Å². The molecular weight excluding hydrogens is 378 g/mol. The highest BCUT2D eigenvalue weighted by Crippen LogP contribution is 2.22. The summed E-state index contributed by atoms with van der Waals surface area (Å²) in [5.74, 6) is 0.669. The number of amides is 1. The first kappa shape index (κ1) is 21.3. The van der Waals surface area contributed by atoms with Crippen LogP contribution in [0.25, 0.3) is 11.3 Å². The van der Waals surface area contributed by atoms with Crippen molar-refractivity contribution < 1.29 is 9.90 Å². The maximum absolute atomic E-state index is 12.5. The second kappa shape index (κ2) is 10.4. The molecular formula is C23H27N5O2. The number of phenols is 1. The zero-order valence-corrected chi connectivity index (χ0v) is 17.3. The average Bonchev–Trinajstić information content (AvgIpc) is 2.77. The third kappa shape index (κ3) is 5.78. The molecule has 3 rings (SSSR count). The zero-order valence-electron chi connectivity index (χ0n) is 17.3. The normalized spacial score (nSPS) is 10.8. The summed E-state index contributed by atoms with van der Waals surface area (Å²) in [6, 6.07) is 14.1. The van der Waals surface area contributed by atoms with E-state index in [1.165, 1.54) is 0 Å². The van der Waals surface area contributed by atoms with E-state index in [-0.39, 0.29) is 11.7 Å². The fourth-order valence-electron chi connectivity index (χ4n) is 3.05. The largest absolute Gasteiger partial charge is 0.508 e. The number of carbonyl (C=O) groups is 1. The second-order valence-corrected chi connectivity index (χ2v) is 6.83. The number of anilines is 2. The van der Waals surface area contributed by atoms with Gasteiger partial charge >= 0.3 is 0 Å². The molecule has 0 aliphatic rings. The van der Waals surface area contributed by atoms with Crippen molar-refractivity contribution in [1.29, 1.82) is 0 Å². The summed E-state index contributed by atoms with van der Waals surface area (Å²) in [6.45, 7) is 7.60. The lowest BCUT2D eigenvalue weighted by Crippen LogP contribution is -2.34. The van der Waals surface area contributed by atoms with E-state index in [0.717, 1.165) is 30.9 Å². The third-order valence-corrected chi connectivity index (χ3v) is 4.80. The lowest BCUT2D eigenvalue weighted by Gasteiger charge is -2.18. The van der Waals surface area contributed by atoms with Crippen LogP contribution in [-0.2, 0) is 0 Å². The first-order valence-corrected chi connectivity index (χ1v) is 10.1.